The summed E-state index contributed by atoms with van der Waals surface area (Å²) in [6.45, 7) is 1.98. The van der Waals surface area contributed by atoms with Crippen LogP contribution in [0.25, 0.3) is 0 Å². The summed E-state index contributed by atoms with van der Waals surface area (Å²) in [6.07, 6.45) is 2.57. The van der Waals surface area contributed by atoms with Crippen LogP contribution in [-0.2, 0) is 16.4 Å². The standard InChI is InChI=1S/C14H16ClN3O3S/c1-9-8-11(4-5-12(9)15)22(19,20)16-7-6-13-17-14(21-18-13)10-2-3-10/h4-5,8,10,16H,2-3,6-7H2,1H3. The highest BCUT2D eigenvalue weighted by Crippen LogP contribution is 2.38. The molecule has 0 aliphatic heterocycles. The van der Waals surface area contributed by atoms with Gasteiger partial charge in [-0.05, 0) is 43.5 Å². The minimum Gasteiger partial charge on any atom is -0.339 e. The van der Waals surface area contributed by atoms with Crippen molar-refractivity contribution >= 4 is 21.6 Å². The zero-order valence-electron chi connectivity index (χ0n) is 12.0. The van der Waals surface area contributed by atoms with Gasteiger partial charge in [0.05, 0.1) is 4.90 Å². The Labute approximate surface area is 133 Å². The number of nitrogens with zero attached hydrogens (tertiary/aromatic N) is 2. The maximum atomic E-state index is 12.2. The highest BCUT2D eigenvalue weighted by atomic mass is 35.5. The number of benzene rings is 1. The molecular formula is C14H16ClN3O3S. The van der Waals surface area contributed by atoms with Crippen LogP contribution in [0, 0.1) is 6.92 Å². The van der Waals surface area contributed by atoms with E-state index >= 15 is 0 Å². The minimum absolute atomic E-state index is 0.196. The topological polar surface area (TPSA) is 85.1 Å². The molecule has 1 N–H and O–H groups in total. The number of sulfonamides is 1. The summed E-state index contributed by atoms with van der Waals surface area (Å²) in [5, 5.41) is 4.40. The molecule has 1 aliphatic carbocycles. The first-order chi connectivity index (χ1) is 10.5. The summed E-state index contributed by atoms with van der Waals surface area (Å²) in [7, 11) is -3.56. The predicted octanol–water partition coefficient (Wildman–Crippen LogP) is 2.43. The quantitative estimate of drug-likeness (QED) is 0.872. The van der Waals surface area contributed by atoms with E-state index in [4.69, 9.17) is 16.1 Å². The minimum atomic E-state index is -3.56. The number of aryl methyl sites for hydroxylation is 1. The Hall–Kier alpha value is -1.44. The maximum Gasteiger partial charge on any atom is 0.240 e. The van der Waals surface area contributed by atoms with Crippen molar-refractivity contribution in [1.82, 2.24) is 14.9 Å². The summed E-state index contributed by atoms with van der Waals surface area (Å²) in [5.41, 5.74) is 0.719. The SMILES string of the molecule is Cc1cc(S(=O)(=O)NCCc2noc(C3CC3)n2)ccc1Cl. The molecule has 1 aliphatic rings. The largest absolute Gasteiger partial charge is 0.339 e. The lowest BCUT2D eigenvalue weighted by molar-refractivity contribution is 0.374. The Morgan fingerprint density at radius 3 is 2.86 bits per heavy atom. The van der Waals surface area contributed by atoms with Crippen molar-refractivity contribution in [2.24, 2.45) is 0 Å². The van der Waals surface area contributed by atoms with Gasteiger partial charge in [0, 0.05) is 23.9 Å². The molecule has 1 heterocycles. The van der Waals surface area contributed by atoms with Gasteiger partial charge in [0.25, 0.3) is 0 Å². The van der Waals surface area contributed by atoms with E-state index in [1.165, 1.54) is 6.07 Å². The van der Waals surface area contributed by atoms with E-state index in [9.17, 15) is 8.42 Å². The third-order valence-corrected chi connectivity index (χ3v) is 5.37. The number of rotatable bonds is 6. The Bertz CT molecular complexity index is 784. The Kier molecular flexibility index (Phi) is 4.20. The lowest BCUT2D eigenvalue weighted by Crippen LogP contribution is -2.26. The van der Waals surface area contributed by atoms with Gasteiger partial charge in [-0.15, -0.1) is 0 Å². The highest BCUT2D eigenvalue weighted by Gasteiger charge is 2.29. The van der Waals surface area contributed by atoms with E-state index in [-0.39, 0.29) is 11.4 Å². The molecule has 0 amide bonds. The first-order valence-corrected chi connectivity index (χ1v) is 8.90. The number of aromatic nitrogens is 2. The van der Waals surface area contributed by atoms with Crippen LogP contribution in [0.4, 0.5) is 0 Å². The molecule has 118 valence electrons. The fourth-order valence-corrected chi connectivity index (χ4v) is 3.26. The molecule has 6 nitrogen and oxygen atoms in total. The zero-order valence-corrected chi connectivity index (χ0v) is 13.6. The first kappa shape index (κ1) is 15.5. The van der Waals surface area contributed by atoms with Crippen LogP contribution in [0.5, 0.6) is 0 Å². The molecular weight excluding hydrogens is 326 g/mol. The Morgan fingerprint density at radius 1 is 1.41 bits per heavy atom. The van der Waals surface area contributed by atoms with E-state index < -0.39 is 10.0 Å². The van der Waals surface area contributed by atoms with Gasteiger partial charge >= 0.3 is 0 Å². The van der Waals surface area contributed by atoms with Gasteiger partial charge in [-0.25, -0.2) is 13.1 Å². The maximum absolute atomic E-state index is 12.2. The highest BCUT2D eigenvalue weighted by molar-refractivity contribution is 7.89. The van der Waals surface area contributed by atoms with E-state index in [0.717, 1.165) is 18.4 Å². The monoisotopic (exact) mass is 341 g/mol. The molecule has 3 rings (SSSR count). The Balaban J connectivity index is 1.60. The van der Waals surface area contributed by atoms with Crippen molar-refractivity contribution in [2.45, 2.75) is 37.0 Å². The number of hydrogen-bond acceptors (Lipinski definition) is 5. The molecule has 1 aromatic heterocycles. The van der Waals surface area contributed by atoms with Crippen LogP contribution >= 0.6 is 11.6 Å². The van der Waals surface area contributed by atoms with Crippen LogP contribution in [0.2, 0.25) is 5.02 Å². The molecule has 2 aromatic rings. The van der Waals surface area contributed by atoms with Crippen molar-refractivity contribution in [3.63, 3.8) is 0 Å². The van der Waals surface area contributed by atoms with E-state index in [2.05, 4.69) is 14.9 Å². The summed E-state index contributed by atoms with van der Waals surface area (Å²) >= 11 is 5.91. The summed E-state index contributed by atoms with van der Waals surface area (Å²) in [4.78, 5) is 4.46. The van der Waals surface area contributed by atoms with Crippen LogP contribution in [-0.4, -0.2) is 25.1 Å². The molecule has 0 unspecified atom stereocenters. The molecule has 0 radical (unpaired) electrons. The van der Waals surface area contributed by atoms with Gasteiger partial charge in [-0.1, -0.05) is 16.8 Å². The van der Waals surface area contributed by atoms with E-state index in [1.54, 1.807) is 19.1 Å². The molecule has 0 bridgehead atoms. The lowest BCUT2D eigenvalue weighted by atomic mass is 10.2. The molecule has 0 atom stereocenters. The first-order valence-electron chi connectivity index (χ1n) is 7.04. The van der Waals surface area contributed by atoms with Gasteiger partial charge in [-0.3, -0.25) is 0 Å². The van der Waals surface area contributed by atoms with Crippen molar-refractivity contribution in [3.8, 4) is 0 Å². The number of halogens is 1. The van der Waals surface area contributed by atoms with Gasteiger partial charge in [0.2, 0.25) is 15.9 Å². The fourth-order valence-electron chi connectivity index (χ4n) is 2.03. The van der Waals surface area contributed by atoms with Crippen molar-refractivity contribution in [1.29, 1.82) is 0 Å². The smallest absolute Gasteiger partial charge is 0.240 e. The predicted molar refractivity (Wildman–Crippen MR) is 81.4 cm³/mol. The third-order valence-electron chi connectivity index (χ3n) is 3.49. The van der Waals surface area contributed by atoms with E-state index in [1.807, 2.05) is 0 Å². The molecule has 0 spiro atoms. The van der Waals surface area contributed by atoms with Crippen molar-refractivity contribution in [2.75, 3.05) is 6.54 Å². The summed E-state index contributed by atoms with van der Waals surface area (Å²) < 4.78 is 32.0. The van der Waals surface area contributed by atoms with Crippen LogP contribution < -0.4 is 4.72 Å². The average Bonchev–Trinajstić information content (AvgIpc) is 3.22. The van der Waals surface area contributed by atoms with E-state index in [0.29, 0.717) is 29.1 Å². The van der Waals surface area contributed by atoms with Crippen LogP contribution in [0.3, 0.4) is 0 Å². The second-order valence-electron chi connectivity index (χ2n) is 5.38. The second-order valence-corrected chi connectivity index (χ2v) is 7.56. The molecule has 1 fully saturated rings. The number of nitrogens with one attached hydrogen (secondary N) is 1. The molecule has 1 saturated carbocycles. The molecule has 0 saturated heterocycles. The molecule has 1 aromatic carbocycles. The average molecular weight is 342 g/mol. The van der Waals surface area contributed by atoms with Crippen LogP contribution in [0.15, 0.2) is 27.6 Å². The van der Waals surface area contributed by atoms with Crippen LogP contribution in [0.1, 0.15) is 36.0 Å². The van der Waals surface area contributed by atoms with Gasteiger partial charge in [-0.2, -0.15) is 4.98 Å². The molecule has 22 heavy (non-hydrogen) atoms. The lowest BCUT2D eigenvalue weighted by Gasteiger charge is -2.07. The third kappa shape index (κ3) is 3.48. The van der Waals surface area contributed by atoms with Gasteiger partial charge in [0.15, 0.2) is 5.82 Å². The zero-order chi connectivity index (χ0) is 15.7. The summed E-state index contributed by atoms with van der Waals surface area (Å²) in [5.74, 6) is 1.58. The van der Waals surface area contributed by atoms with Crippen molar-refractivity contribution < 1.29 is 12.9 Å². The van der Waals surface area contributed by atoms with Gasteiger partial charge < -0.3 is 4.52 Å². The van der Waals surface area contributed by atoms with Gasteiger partial charge in [0.1, 0.15) is 0 Å². The molecule has 8 heteroatoms. The van der Waals surface area contributed by atoms with Crippen molar-refractivity contribution in [3.05, 3.63) is 40.5 Å². The Morgan fingerprint density at radius 2 is 2.18 bits per heavy atom. The second kappa shape index (κ2) is 5.98. The normalized spacial score (nSPS) is 15.2. The fraction of sp³-hybridized carbons (Fsp3) is 0.429. The summed E-state index contributed by atoms with van der Waals surface area (Å²) in [6, 6.07) is 4.61. The number of hydrogen-bond donors (Lipinski definition) is 1.